The molecule has 166 valence electrons. The number of morpholine rings is 1. The number of phenols is 2. The normalized spacial score (nSPS) is 15.4. The Kier molecular flexibility index (Phi) is 9.43. The highest BCUT2D eigenvalue weighted by molar-refractivity contribution is 5.52. The first-order chi connectivity index (χ1) is 14.3. The fraction of sp³-hybridized carbons (Fsp3) is 0.500. The predicted molar refractivity (Wildman–Crippen MR) is 123 cm³/mol. The van der Waals surface area contributed by atoms with E-state index in [0.29, 0.717) is 5.56 Å². The van der Waals surface area contributed by atoms with Crippen molar-refractivity contribution < 1.29 is 14.9 Å². The Hall–Kier alpha value is -2.28. The fourth-order valence-electron chi connectivity index (χ4n) is 3.30. The number of nitrogens with two attached hydrogens (primary N) is 1. The molecule has 0 spiro atoms. The van der Waals surface area contributed by atoms with Gasteiger partial charge in [-0.25, -0.2) is 0 Å². The third-order valence-corrected chi connectivity index (χ3v) is 4.92. The van der Waals surface area contributed by atoms with Crippen molar-refractivity contribution in [1.82, 2.24) is 4.90 Å². The van der Waals surface area contributed by atoms with Gasteiger partial charge in [-0.1, -0.05) is 46.2 Å². The van der Waals surface area contributed by atoms with E-state index in [2.05, 4.69) is 36.2 Å². The van der Waals surface area contributed by atoms with Gasteiger partial charge in [-0.3, -0.25) is 4.90 Å². The summed E-state index contributed by atoms with van der Waals surface area (Å²) in [5.41, 5.74) is 9.71. The van der Waals surface area contributed by atoms with E-state index in [1.54, 1.807) is 6.07 Å². The van der Waals surface area contributed by atoms with Gasteiger partial charge in [-0.2, -0.15) is 0 Å². The summed E-state index contributed by atoms with van der Waals surface area (Å²) in [5.74, 6) is 0.211. The summed E-state index contributed by atoms with van der Waals surface area (Å²) in [6.07, 6.45) is 0.674. The van der Waals surface area contributed by atoms with Crippen LogP contribution in [0.5, 0.6) is 11.5 Å². The van der Waals surface area contributed by atoms with Crippen molar-refractivity contribution in [2.45, 2.75) is 52.7 Å². The van der Waals surface area contributed by atoms with Gasteiger partial charge in [0.1, 0.15) is 17.7 Å². The fourth-order valence-corrected chi connectivity index (χ4v) is 3.30. The molecule has 30 heavy (non-hydrogen) atoms. The molecule has 6 nitrogen and oxygen atoms in total. The van der Waals surface area contributed by atoms with E-state index < -0.39 is 6.17 Å². The Labute approximate surface area is 180 Å². The van der Waals surface area contributed by atoms with Gasteiger partial charge in [-0.15, -0.1) is 0 Å². The van der Waals surface area contributed by atoms with Crippen molar-refractivity contribution in [2.24, 2.45) is 5.73 Å². The maximum absolute atomic E-state index is 10.2. The SMILES string of the molecule is CC(C)c1cc(C(N)Nc2ccc(CN3CCOCC3)cc2)c(O)cc1O.CCC. The molecule has 0 aliphatic carbocycles. The second kappa shape index (κ2) is 11.8. The van der Waals surface area contributed by atoms with Gasteiger partial charge in [0.05, 0.1) is 13.2 Å². The third kappa shape index (κ3) is 6.90. The minimum Gasteiger partial charge on any atom is -0.508 e. The van der Waals surface area contributed by atoms with E-state index in [0.717, 1.165) is 44.1 Å². The molecule has 2 aromatic carbocycles. The van der Waals surface area contributed by atoms with Gasteiger partial charge in [0, 0.05) is 37.0 Å². The number of benzene rings is 2. The highest BCUT2D eigenvalue weighted by Crippen LogP contribution is 2.34. The molecular formula is C24H37N3O3. The Bertz CT molecular complexity index is 772. The van der Waals surface area contributed by atoms with Gasteiger partial charge in [0.15, 0.2) is 0 Å². The summed E-state index contributed by atoms with van der Waals surface area (Å²) in [7, 11) is 0. The number of anilines is 1. The Balaban J connectivity index is 0.00000101. The highest BCUT2D eigenvalue weighted by Gasteiger charge is 2.17. The van der Waals surface area contributed by atoms with Gasteiger partial charge in [0.2, 0.25) is 0 Å². The molecule has 0 radical (unpaired) electrons. The molecule has 0 amide bonds. The minimum absolute atomic E-state index is 0.0131. The summed E-state index contributed by atoms with van der Waals surface area (Å²) < 4.78 is 5.38. The van der Waals surface area contributed by atoms with Crippen LogP contribution in [0.4, 0.5) is 5.69 Å². The van der Waals surface area contributed by atoms with Crippen LogP contribution < -0.4 is 11.1 Å². The van der Waals surface area contributed by atoms with Crippen LogP contribution in [0.1, 0.15) is 62.9 Å². The number of hydrogen-bond acceptors (Lipinski definition) is 6. The predicted octanol–water partition coefficient (Wildman–Crippen LogP) is 4.54. The maximum atomic E-state index is 10.2. The van der Waals surface area contributed by atoms with Crippen LogP contribution in [0.3, 0.4) is 0 Å². The molecule has 6 heteroatoms. The summed E-state index contributed by atoms with van der Waals surface area (Å²) in [4.78, 5) is 2.37. The summed E-state index contributed by atoms with van der Waals surface area (Å²) in [6.45, 7) is 12.6. The molecule has 1 unspecified atom stereocenters. The van der Waals surface area contributed by atoms with Crippen LogP contribution in [0.2, 0.25) is 0 Å². The van der Waals surface area contributed by atoms with Crippen LogP contribution >= 0.6 is 0 Å². The molecule has 0 saturated carbocycles. The third-order valence-electron chi connectivity index (χ3n) is 4.92. The van der Waals surface area contributed by atoms with Crippen LogP contribution in [0.25, 0.3) is 0 Å². The van der Waals surface area contributed by atoms with E-state index in [4.69, 9.17) is 10.5 Å². The van der Waals surface area contributed by atoms with Crippen molar-refractivity contribution in [3.05, 3.63) is 53.1 Å². The van der Waals surface area contributed by atoms with Crippen LogP contribution in [0, 0.1) is 0 Å². The first-order valence-electron chi connectivity index (χ1n) is 10.8. The maximum Gasteiger partial charge on any atom is 0.125 e. The number of hydrogen-bond donors (Lipinski definition) is 4. The largest absolute Gasteiger partial charge is 0.508 e. The lowest BCUT2D eigenvalue weighted by Crippen LogP contribution is -2.35. The van der Waals surface area contributed by atoms with E-state index in [-0.39, 0.29) is 17.4 Å². The first-order valence-corrected chi connectivity index (χ1v) is 10.8. The van der Waals surface area contributed by atoms with E-state index >= 15 is 0 Å². The monoisotopic (exact) mass is 415 g/mol. The van der Waals surface area contributed by atoms with E-state index in [9.17, 15) is 10.2 Å². The lowest BCUT2D eigenvalue weighted by atomic mass is 9.98. The number of phenolic OH excluding ortho intramolecular Hbond substituents is 2. The van der Waals surface area contributed by atoms with Crippen molar-refractivity contribution in [3.63, 3.8) is 0 Å². The zero-order valence-corrected chi connectivity index (χ0v) is 18.7. The topological polar surface area (TPSA) is 91.0 Å². The molecule has 0 bridgehead atoms. The number of nitrogens with zero attached hydrogens (tertiary/aromatic N) is 1. The molecule has 1 aliphatic rings. The standard InChI is InChI=1S/C21H29N3O3.C3H8/c1-14(2)17-11-18(20(26)12-19(17)25)21(22)23-16-5-3-15(4-6-16)13-24-7-9-27-10-8-24;1-3-2/h3-6,11-12,14,21,23,25-26H,7-10,13,22H2,1-2H3;3H2,1-2H3. The zero-order valence-electron chi connectivity index (χ0n) is 18.7. The molecule has 5 N–H and O–H groups in total. The number of ether oxygens (including phenoxy) is 1. The molecule has 3 rings (SSSR count). The van der Waals surface area contributed by atoms with Gasteiger partial charge in [0.25, 0.3) is 0 Å². The summed E-state index contributed by atoms with van der Waals surface area (Å²) in [6, 6.07) is 11.3. The van der Waals surface area contributed by atoms with Crippen molar-refractivity contribution in [2.75, 3.05) is 31.6 Å². The zero-order chi connectivity index (χ0) is 22.1. The quantitative estimate of drug-likeness (QED) is 0.518. The number of aromatic hydroxyl groups is 2. The van der Waals surface area contributed by atoms with Crippen LogP contribution in [-0.4, -0.2) is 41.4 Å². The second-order valence-electron chi connectivity index (χ2n) is 8.04. The number of rotatable bonds is 6. The Morgan fingerprint density at radius 1 is 1.00 bits per heavy atom. The average Bonchev–Trinajstić information content (AvgIpc) is 2.70. The molecule has 1 saturated heterocycles. The molecule has 1 aliphatic heterocycles. The Morgan fingerprint density at radius 2 is 1.57 bits per heavy atom. The molecule has 0 aromatic heterocycles. The Morgan fingerprint density at radius 3 is 2.13 bits per heavy atom. The van der Waals surface area contributed by atoms with Gasteiger partial charge in [-0.05, 0) is 35.2 Å². The van der Waals surface area contributed by atoms with E-state index in [1.807, 2.05) is 26.0 Å². The first kappa shape index (κ1) is 24.0. The second-order valence-corrected chi connectivity index (χ2v) is 8.04. The molecule has 1 fully saturated rings. The summed E-state index contributed by atoms with van der Waals surface area (Å²) >= 11 is 0. The lowest BCUT2D eigenvalue weighted by molar-refractivity contribution is 0.0342. The van der Waals surface area contributed by atoms with Gasteiger partial charge < -0.3 is 26.0 Å². The van der Waals surface area contributed by atoms with Crippen LogP contribution in [-0.2, 0) is 11.3 Å². The molecule has 2 aromatic rings. The van der Waals surface area contributed by atoms with Crippen molar-refractivity contribution >= 4 is 5.69 Å². The van der Waals surface area contributed by atoms with Gasteiger partial charge >= 0.3 is 0 Å². The average molecular weight is 416 g/mol. The molecule has 1 atom stereocenters. The highest BCUT2D eigenvalue weighted by atomic mass is 16.5. The van der Waals surface area contributed by atoms with Crippen molar-refractivity contribution in [1.29, 1.82) is 0 Å². The lowest BCUT2D eigenvalue weighted by Gasteiger charge is -2.26. The van der Waals surface area contributed by atoms with Crippen molar-refractivity contribution in [3.8, 4) is 11.5 Å². The smallest absolute Gasteiger partial charge is 0.125 e. The van der Waals surface area contributed by atoms with E-state index in [1.165, 1.54) is 18.1 Å². The number of nitrogens with one attached hydrogen (secondary N) is 1. The molecule has 1 heterocycles. The summed E-state index contributed by atoms with van der Waals surface area (Å²) in [5, 5.41) is 23.4. The minimum atomic E-state index is -0.576. The van der Waals surface area contributed by atoms with Crippen LogP contribution in [0.15, 0.2) is 36.4 Å². The molecular weight excluding hydrogens is 378 g/mol.